The van der Waals surface area contributed by atoms with Gasteiger partial charge in [0, 0.05) is 29.9 Å². The minimum atomic E-state index is -0.160. The molecule has 1 amide bonds. The lowest BCUT2D eigenvalue weighted by Crippen LogP contribution is -2.29. The monoisotopic (exact) mass is 368 g/mol. The smallest absolute Gasteiger partial charge is 0.280 e. The van der Waals surface area contributed by atoms with Gasteiger partial charge < -0.3 is 10.2 Å². The van der Waals surface area contributed by atoms with Crippen molar-refractivity contribution in [2.24, 2.45) is 0 Å². The number of piperidine rings is 1. The van der Waals surface area contributed by atoms with Crippen LogP contribution in [0.5, 0.6) is 0 Å². The summed E-state index contributed by atoms with van der Waals surface area (Å²) >= 11 is 1.59. The minimum Gasteiger partial charge on any atom is -0.317 e. The van der Waals surface area contributed by atoms with E-state index in [4.69, 9.17) is 0 Å². The molecule has 0 radical (unpaired) electrons. The van der Waals surface area contributed by atoms with Gasteiger partial charge in [0.1, 0.15) is 5.01 Å². The first-order chi connectivity index (χ1) is 12.7. The average molecular weight is 368 g/mol. The zero-order valence-electron chi connectivity index (χ0n) is 14.5. The molecule has 0 unspecified atom stereocenters. The van der Waals surface area contributed by atoms with Crippen LogP contribution in [-0.4, -0.2) is 46.0 Å². The Morgan fingerprint density at radius 3 is 2.73 bits per heavy atom. The van der Waals surface area contributed by atoms with Crippen LogP contribution in [0.2, 0.25) is 0 Å². The first-order valence-corrected chi connectivity index (χ1v) is 9.51. The average Bonchev–Trinajstić information content (AvgIpc) is 3.40. The molecular formula is C18H20N6OS. The van der Waals surface area contributed by atoms with E-state index >= 15 is 0 Å². The van der Waals surface area contributed by atoms with Gasteiger partial charge in [-0.15, -0.1) is 16.4 Å². The molecule has 4 rings (SSSR count). The molecule has 26 heavy (non-hydrogen) atoms. The summed E-state index contributed by atoms with van der Waals surface area (Å²) in [7, 11) is 1.75. The van der Waals surface area contributed by atoms with Gasteiger partial charge in [-0.1, -0.05) is 5.21 Å². The van der Waals surface area contributed by atoms with E-state index < -0.39 is 0 Å². The molecule has 0 saturated carbocycles. The van der Waals surface area contributed by atoms with Crippen molar-refractivity contribution in [2.45, 2.75) is 18.9 Å². The summed E-state index contributed by atoms with van der Waals surface area (Å²) in [5.41, 5.74) is 2.23. The number of rotatable bonds is 4. The van der Waals surface area contributed by atoms with Gasteiger partial charge in [-0.3, -0.25) is 4.79 Å². The Morgan fingerprint density at radius 1 is 1.27 bits per heavy atom. The van der Waals surface area contributed by atoms with E-state index in [2.05, 4.69) is 20.6 Å². The van der Waals surface area contributed by atoms with Crippen LogP contribution in [0, 0.1) is 0 Å². The molecule has 1 saturated heterocycles. The fourth-order valence-electron chi connectivity index (χ4n) is 3.11. The first kappa shape index (κ1) is 16.9. The second-order valence-electron chi connectivity index (χ2n) is 6.31. The van der Waals surface area contributed by atoms with Crippen molar-refractivity contribution < 1.29 is 4.79 Å². The number of anilines is 1. The third-order valence-electron chi connectivity index (χ3n) is 4.65. The van der Waals surface area contributed by atoms with E-state index in [0.717, 1.165) is 42.2 Å². The van der Waals surface area contributed by atoms with E-state index in [-0.39, 0.29) is 5.91 Å². The Bertz CT molecular complexity index is 867. The van der Waals surface area contributed by atoms with Crippen LogP contribution in [0.15, 0.2) is 42.0 Å². The summed E-state index contributed by atoms with van der Waals surface area (Å²) in [4.78, 5) is 18.6. The van der Waals surface area contributed by atoms with Crippen LogP contribution in [-0.2, 0) is 0 Å². The maximum absolute atomic E-state index is 12.7. The molecule has 0 atom stereocenters. The van der Waals surface area contributed by atoms with Gasteiger partial charge in [-0.05, 0) is 50.2 Å². The fraction of sp³-hybridized carbons (Fsp3) is 0.333. The van der Waals surface area contributed by atoms with E-state index in [0.29, 0.717) is 11.7 Å². The molecule has 0 aliphatic carbocycles. The summed E-state index contributed by atoms with van der Waals surface area (Å²) in [6.45, 7) is 1.94. The third kappa shape index (κ3) is 3.38. The van der Waals surface area contributed by atoms with Crippen molar-refractivity contribution >= 4 is 22.9 Å². The highest BCUT2D eigenvalue weighted by Crippen LogP contribution is 2.25. The van der Waals surface area contributed by atoms with Crippen molar-refractivity contribution in [2.75, 3.05) is 25.0 Å². The molecule has 1 aliphatic rings. The zero-order valence-corrected chi connectivity index (χ0v) is 15.3. The van der Waals surface area contributed by atoms with E-state index in [1.165, 1.54) is 0 Å². The number of amides is 1. The fourth-order valence-corrected chi connectivity index (χ4v) is 3.75. The maximum atomic E-state index is 12.7. The Hall–Kier alpha value is -2.58. The lowest BCUT2D eigenvalue weighted by atomic mass is 10.1. The van der Waals surface area contributed by atoms with E-state index in [1.54, 1.807) is 35.7 Å². The Labute approximate surface area is 155 Å². The number of nitrogens with one attached hydrogen (secondary N) is 1. The number of thiazole rings is 1. The molecule has 134 valence electrons. The second-order valence-corrected chi connectivity index (χ2v) is 7.21. The second kappa shape index (κ2) is 7.35. The van der Waals surface area contributed by atoms with Gasteiger partial charge >= 0.3 is 0 Å². The van der Waals surface area contributed by atoms with Crippen LogP contribution in [0.25, 0.3) is 10.6 Å². The summed E-state index contributed by atoms with van der Waals surface area (Å²) in [6.07, 6.45) is 5.56. The van der Waals surface area contributed by atoms with Crippen molar-refractivity contribution in [1.29, 1.82) is 0 Å². The Balaban J connectivity index is 1.48. The molecule has 3 aromatic rings. The molecule has 0 spiro atoms. The van der Waals surface area contributed by atoms with Crippen LogP contribution >= 0.6 is 11.3 Å². The normalized spacial score (nSPS) is 15.1. The number of carbonyl (C=O) groups is 1. The van der Waals surface area contributed by atoms with Crippen LogP contribution in [0.1, 0.15) is 29.4 Å². The number of benzene rings is 1. The van der Waals surface area contributed by atoms with E-state index in [9.17, 15) is 4.79 Å². The number of hydrogen-bond donors (Lipinski definition) is 1. The van der Waals surface area contributed by atoms with E-state index in [1.807, 2.05) is 34.3 Å². The summed E-state index contributed by atoms with van der Waals surface area (Å²) < 4.78 is 1.83. The quantitative estimate of drug-likeness (QED) is 0.766. The Kier molecular flexibility index (Phi) is 4.77. The lowest BCUT2D eigenvalue weighted by molar-refractivity contribution is 0.0988. The molecule has 1 aliphatic heterocycles. The SMILES string of the molecule is CN(C(=O)c1cn(C2CCNCC2)nn1)c1ccc(-c2nccs2)cc1. The molecule has 7 nitrogen and oxygen atoms in total. The Morgan fingerprint density at radius 2 is 2.04 bits per heavy atom. The summed E-state index contributed by atoms with van der Waals surface area (Å²) in [6, 6.07) is 8.11. The topological polar surface area (TPSA) is 75.9 Å². The summed E-state index contributed by atoms with van der Waals surface area (Å²) in [5.74, 6) is -0.160. The highest BCUT2D eigenvalue weighted by Gasteiger charge is 2.21. The molecule has 1 fully saturated rings. The highest BCUT2D eigenvalue weighted by atomic mass is 32.1. The number of hydrogen-bond acceptors (Lipinski definition) is 6. The van der Waals surface area contributed by atoms with Crippen molar-refractivity contribution in [3.63, 3.8) is 0 Å². The summed E-state index contributed by atoms with van der Waals surface area (Å²) in [5, 5.41) is 14.5. The van der Waals surface area contributed by atoms with Crippen LogP contribution in [0.3, 0.4) is 0 Å². The van der Waals surface area contributed by atoms with Gasteiger partial charge in [-0.2, -0.15) is 0 Å². The predicted molar refractivity (Wildman–Crippen MR) is 101 cm³/mol. The van der Waals surface area contributed by atoms with Crippen molar-refractivity contribution in [1.82, 2.24) is 25.3 Å². The third-order valence-corrected chi connectivity index (χ3v) is 5.47. The zero-order chi connectivity index (χ0) is 17.9. The van der Waals surface area contributed by atoms with Gasteiger partial charge in [-0.25, -0.2) is 9.67 Å². The predicted octanol–water partition coefficient (Wildman–Crippen LogP) is 2.60. The van der Waals surface area contributed by atoms with Gasteiger partial charge in [0.15, 0.2) is 5.69 Å². The molecule has 1 N–H and O–H groups in total. The molecule has 0 bridgehead atoms. The van der Waals surface area contributed by atoms with Gasteiger partial charge in [0.25, 0.3) is 5.91 Å². The van der Waals surface area contributed by atoms with Crippen LogP contribution < -0.4 is 10.2 Å². The molecule has 2 aromatic heterocycles. The number of aromatic nitrogens is 4. The molecule has 8 heteroatoms. The van der Waals surface area contributed by atoms with Crippen molar-refractivity contribution in [3.8, 4) is 10.6 Å². The highest BCUT2D eigenvalue weighted by molar-refractivity contribution is 7.13. The largest absolute Gasteiger partial charge is 0.317 e. The molecule has 3 heterocycles. The van der Waals surface area contributed by atoms with Gasteiger partial charge in [0.05, 0.1) is 12.2 Å². The van der Waals surface area contributed by atoms with Crippen molar-refractivity contribution in [3.05, 3.63) is 47.7 Å². The number of carbonyl (C=O) groups excluding carboxylic acids is 1. The van der Waals surface area contributed by atoms with Gasteiger partial charge in [0.2, 0.25) is 0 Å². The minimum absolute atomic E-state index is 0.160. The standard InChI is InChI=1S/C18H20N6OS/c1-23(14-4-2-13(3-5-14)17-20-10-11-26-17)18(25)16-12-24(22-21-16)15-6-8-19-9-7-15/h2-5,10-12,15,19H,6-9H2,1H3. The molecular weight excluding hydrogens is 348 g/mol. The number of nitrogens with zero attached hydrogens (tertiary/aromatic N) is 5. The first-order valence-electron chi connectivity index (χ1n) is 8.63. The lowest BCUT2D eigenvalue weighted by Gasteiger charge is -2.22. The molecule has 1 aromatic carbocycles. The maximum Gasteiger partial charge on any atom is 0.280 e. The van der Waals surface area contributed by atoms with Crippen LogP contribution in [0.4, 0.5) is 5.69 Å².